The number of nitrogens with zero attached hydrogens (tertiary/aromatic N) is 3. The maximum absolute atomic E-state index is 14.2. The Balaban J connectivity index is 1.43. The number of sulfonamides is 1. The first kappa shape index (κ1) is 36.9. The highest BCUT2D eigenvalue weighted by Gasteiger charge is 2.62. The van der Waals surface area contributed by atoms with Crippen LogP contribution in [0.15, 0.2) is 18.2 Å². The van der Waals surface area contributed by atoms with Gasteiger partial charge < -0.3 is 34.6 Å². The molecule has 5 rings (SSSR count). The molecule has 5 atom stereocenters. The predicted molar refractivity (Wildman–Crippen MR) is 175 cm³/mol. The van der Waals surface area contributed by atoms with Gasteiger partial charge in [-0.3, -0.25) is 19.1 Å². The van der Waals surface area contributed by atoms with Crippen molar-refractivity contribution in [3.05, 3.63) is 23.9 Å². The summed E-state index contributed by atoms with van der Waals surface area (Å²) in [6, 6.07) is -1.02. The Kier molecular flexibility index (Phi) is 10.7. The first-order chi connectivity index (χ1) is 23.6. The summed E-state index contributed by atoms with van der Waals surface area (Å²) in [6.45, 7) is 4.86. The fraction of sp³-hybridized carbons (Fsp3) is 0.688. The molecule has 18 heteroatoms. The monoisotopic (exact) mass is 722 g/mol. The number of aromatic nitrogens is 2. The number of fused-ring (bicyclic) bond motifs is 2. The SMILES string of the molecule is COc1cc(C(=O)OC2CC3C(=O)NC4(C(=O)NS(=O)(=O)C5CC5)CC4/C=C\CCCCCC(NC(=O)OC(C)(C)C)C(=O)N3C2)n(OC)n1. The van der Waals surface area contributed by atoms with Gasteiger partial charge in [0.25, 0.3) is 5.91 Å². The topological polar surface area (TPSA) is 214 Å². The standard InChI is InChI=1S/C32H46N6O11S/c1-31(2,3)49-30(43)33-22-12-10-8-6-7-9-11-19-17-32(19,29(42)36-50(44,45)21-13-14-21)34-26(39)23-15-20(18-37(23)27(22)40)48-28(41)24-16-25(46-4)35-38(24)47-5/h9,11,16,19-23H,6-8,10,12-15,17-18H2,1-5H3,(H,33,43)(H,34,39)(H,36,42)/b11-9-. The number of hydrogen-bond acceptors (Lipinski definition) is 12. The lowest BCUT2D eigenvalue weighted by molar-refractivity contribution is -0.141. The van der Waals surface area contributed by atoms with Crippen molar-refractivity contribution >= 4 is 39.8 Å². The molecule has 0 radical (unpaired) electrons. The van der Waals surface area contributed by atoms with E-state index in [0.717, 1.165) is 17.7 Å². The lowest BCUT2D eigenvalue weighted by atomic mass is 10.0. The van der Waals surface area contributed by atoms with E-state index in [-0.39, 0.29) is 37.4 Å². The number of allylic oxidation sites excluding steroid dienone is 1. The lowest BCUT2D eigenvalue weighted by Gasteiger charge is -2.30. The van der Waals surface area contributed by atoms with Crippen molar-refractivity contribution in [2.45, 2.75) is 113 Å². The van der Waals surface area contributed by atoms with Crippen LogP contribution in [0.3, 0.4) is 0 Å². The fourth-order valence-electron chi connectivity index (χ4n) is 6.23. The van der Waals surface area contributed by atoms with Crippen LogP contribution >= 0.6 is 0 Å². The molecule has 4 aliphatic rings. The first-order valence-electron chi connectivity index (χ1n) is 16.8. The largest absolute Gasteiger partial charge is 0.480 e. The van der Waals surface area contributed by atoms with Crippen molar-refractivity contribution in [2.75, 3.05) is 20.8 Å². The Morgan fingerprint density at radius 3 is 2.48 bits per heavy atom. The Hall–Kier alpha value is -4.35. The Labute approximate surface area is 290 Å². The summed E-state index contributed by atoms with van der Waals surface area (Å²) in [4.78, 5) is 75.3. The Morgan fingerprint density at radius 2 is 1.82 bits per heavy atom. The van der Waals surface area contributed by atoms with Crippen LogP contribution in [0.25, 0.3) is 0 Å². The second-order valence-corrected chi connectivity index (χ2v) is 16.1. The molecule has 2 aliphatic heterocycles. The molecule has 2 aliphatic carbocycles. The van der Waals surface area contributed by atoms with Crippen LogP contribution in [0, 0.1) is 5.92 Å². The number of alkyl carbamates (subject to hydrolysis) is 1. The molecule has 0 bridgehead atoms. The van der Waals surface area contributed by atoms with Crippen LogP contribution in [0.5, 0.6) is 5.88 Å². The molecule has 17 nitrogen and oxygen atoms in total. The smallest absolute Gasteiger partial charge is 0.408 e. The molecule has 5 unspecified atom stereocenters. The average molecular weight is 723 g/mol. The number of methoxy groups -OCH3 is 1. The number of carbonyl (C=O) groups excluding carboxylic acids is 5. The second kappa shape index (κ2) is 14.5. The number of amides is 4. The zero-order valence-electron chi connectivity index (χ0n) is 28.9. The molecule has 1 saturated heterocycles. The minimum atomic E-state index is -3.92. The zero-order chi connectivity index (χ0) is 36.4. The molecule has 276 valence electrons. The molecular weight excluding hydrogens is 676 g/mol. The summed E-state index contributed by atoms with van der Waals surface area (Å²) in [5.41, 5.74) is -2.50. The van der Waals surface area contributed by atoms with Crippen LogP contribution in [0.4, 0.5) is 4.79 Å². The van der Waals surface area contributed by atoms with Crippen LogP contribution < -0.4 is 24.9 Å². The molecule has 1 aromatic rings. The molecule has 3 heterocycles. The van der Waals surface area contributed by atoms with Gasteiger partial charge in [0.05, 0.1) is 18.9 Å². The van der Waals surface area contributed by atoms with Crippen molar-refractivity contribution in [3.63, 3.8) is 0 Å². The summed E-state index contributed by atoms with van der Waals surface area (Å²) in [5, 5.41) is 8.74. The van der Waals surface area contributed by atoms with Gasteiger partial charge in [-0.25, -0.2) is 18.0 Å². The average Bonchev–Trinajstić information content (AvgIpc) is 3.92. The van der Waals surface area contributed by atoms with Crippen molar-refractivity contribution < 1.29 is 51.4 Å². The quantitative estimate of drug-likeness (QED) is 0.253. The van der Waals surface area contributed by atoms with Gasteiger partial charge in [-0.1, -0.05) is 34.9 Å². The van der Waals surface area contributed by atoms with E-state index in [1.54, 1.807) is 20.8 Å². The fourth-order valence-corrected chi connectivity index (χ4v) is 7.59. The number of esters is 1. The van der Waals surface area contributed by atoms with Gasteiger partial charge in [0.1, 0.15) is 36.4 Å². The zero-order valence-corrected chi connectivity index (χ0v) is 29.7. The van der Waals surface area contributed by atoms with Gasteiger partial charge in [0, 0.05) is 18.4 Å². The molecule has 0 aromatic carbocycles. The van der Waals surface area contributed by atoms with E-state index in [2.05, 4.69) is 20.5 Å². The van der Waals surface area contributed by atoms with Crippen LogP contribution in [0.2, 0.25) is 0 Å². The third-order valence-electron chi connectivity index (χ3n) is 9.05. The number of carbonyl (C=O) groups is 5. The van der Waals surface area contributed by atoms with Gasteiger partial charge >= 0.3 is 12.1 Å². The number of hydrogen-bond donors (Lipinski definition) is 3. The number of ether oxygens (including phenoxy) is 3. The Morgan fingerprint density at radius 1 is 1.08 bits per heavy atom. The number of rotatable bonds is 8. The highest BCUT2D eigenvalue weighted by molar-refractivity contribution is 7.91. The molecule has 3 N–H and O–H groups in total. The van der Waals surface area contributed by atoms with Crippen LogP contribution in [0.1, 0.15) is 89.0 Å². The molecule has 4 amide bonds. The van der Waals surface area contributed by atoms with E-state index in [9.17, 15) is 32.4 Å². The molecular formula is C32H46N6O11S. The van der Waals surface area contributed by atoms with Gasteiger partial charge in [-0.15, -0.1) is 0 Å². The van der Waals surface area contributed by atoms with E-state index in [1.165, 1.54) is 25.2 Å². The molecule has 2 saturated carbocycles. The van der Waals surface area contributed by atoms with Gasteiger partial charge in [-0.05, 0) is 59.3 Å². The molecule has 50 heavy (non-hydrogen) atoms. The normalized spacial score (nSPS) is 28.1. The summed E-state index contributed by atoms with van der Waals surface area (Å²) in [5.74, 6) is -3.43. The van der Waals surface area contributed by atoms with Gasteiger partial charge in [0.2, 0.25) is 27.7 Å². The predicted octanol–water partition coefficient (Wildman–Crippen LogP) is 0.973. The van der Waals surface area contributed by atoms with Gasteiger partial charge in [0.15, 0.2) is 5.69 Å². The molecule has 1 aromatic heterocycles. The summed E-state index contributed by atoms with van der Waals surface area (Å²) >= 11 is 0. The number of nitrogens with one attached hydrogen (secondary N) is 3. The van der Waals surface area contributed by atoms with Gasteiger partial charge in [-0.2, -0.15) is 0 Å². The van der Waals surface area contributed by atoms with E-state index in [4.69, 9.17) is 19.0 Å². The third kappa shape index (κ3) is 8.50. The maximum Gasteiger partial charge on any atom is 0.408 e. The van der Waals surface area contributed by atoms with E-state index in [1.807, 2.05) is 12.2 Å². The minimum absolute atomic E-state index is 0.0869. The summed E-state index contributed by atoms with van der Waals surface area (Å²) < 4.78 is 43.8. The van der Waals surface area contributed by atoms with E-state index >= 15 is 0 Å². The summed E-state index contributed by atoms with van der Waals surface area (Å²) in [6.07, 6.45) is 5.76. The second-order valence-electron chi connectivity index (χ2n) is 14.1. The van der Waals surface area contributed by atoms with Crippen molar-refractivity contribution in [1.29, 1.82) is 0 Å². The lowest BCUT2D eigenvalue weighted by Crippen LogP contribution is -2.58. The van der Waals surface area contributed by atoms with Crippen molar-refractivity contribution in [3.8, 4) is 5.88 Å². The van der Waals surface area contributed by atoms with E-state index < -0.39 is 80.3 Å². The molecule has 0 spiro atoms. The molecule has 3 fully saturated rings. The highest BCUT2D eigenvalue weighted by atomic mass is 32.2. The summed E-state index contributed by atoms with van der Waals surface area (Å²) in [7, 11) is -1.27. The third-order valence-corrected chi connectivity index (χ3v) is 10.9. The minimum Gasteiger partial charge on any atom is -0.480 e. The van der Waals surface area contributed by atoms with Crippen LogP contribution in [-0.2, 0) is 33.9 Å². The van der Waals surface area contributed by atoms with E-state index in [0.29, 0.717) is 25.7 Å². The van der Waals surface area contributed by atoms with Crippen molar-refractivity contribution in [2.24, 2.45) is 5.92 Å². The maximum atomic E-state index is 14.2. The van der Waals surface area contributed by atoms with Crippen molar-refractivity contribution in [1.82, 2.24) is 30.2 Å². The Bertz CT molecular complexity index is 1630. The van der Waals surface area contributed by atoms with Crippen LogP contribution in [-0.4, -0.2) is 108 Å². The first-order valence-corrected chi connectivity index (χ1v) is 18.4. The highest BCUT2D eigenvalue weighted by Crippen LogP contribution is 2.46.